The summed E-state index contributed by atoms with van der Waals surface area (Å²) in [6.45, 7) is 2.35. The summed E-state index contributed by atoms with van der Waals surface area (Å²) in [5, 5.41) is 23.1. The minimum Gasteiger partial charge on any atom is -0.389 e. The molecule has 2 saturated heterocycles. The third kappa shape index (κ3) is 2.66. The Labute approximate surface area is 211 Å². The van der Waals surface area contributed by atoms with E-state index in [1.54, 1.807) is 0 Å². The van der Waals surface area contributed by atoms with Gasteiger partial charge in [0, 0.05) is 35.4 Å². The second-order valence-corrected chi connectivity index (χ2v) is 12.4. The second kappa shape index (κ2) is 7.25. The van der Waals surface area contributed by atoms with Gasteiger partial charge in [0.25, 0.3) is 0 Å². The molecule has 1 saturated carbocycles. The smallest absolute Gasteiger partial charge is 0.171 e. The van der Waals surface area contributed by atoms with Crippen molar-refractivity contribution in [2.24, 2.45) is 11.3 Å². The van der Waals surface area contributed by atoms with Gasteiger partial charge in [-0.2, -0.15) is 0 Å². The fourth-order valence-corrected chi connectivity index (χ4v) is 8.67. The Morgan fingerprint density at radius 1 is 1.14 bits per heavy atom. The van der Waals surface area contributed by atoms with Gasteiger partial charge in [-0.1, -0.05) is 31.2 Å². The van der Waals surface area contributed by atoms with E-state index in [-0.39, 0.29) is 23.8 Å². The average molecular weight is 491 g/mol. The van der Waals surface area contributed by atoms with Crippen LogP contribution in [0.2, 0.25) is 0 Å². The Hall–Kier alpha value is -2.12. The summed E-state index contributed by atoms with van der Waals surface area (Å²) in [7, 11) is 3.76. The van der Waals surface area contributed by atoms with Gasteiger partial charge in [0.1, 0.15) is 11.7 Å². The van der Waals surface area contributed by atoms with E-state index in [1.807, 2.05) is 31.3 Å². The first-order valence-corrected chi connectivity index (χ1v) is 13.3. The van der Waals surface area contributed by atoms with Crippen LogP contribution in [0.15, 0.2) is 54.3 Å². The predicted octanol–water partition coefficient (Wildman–Crippen LogP) is 4.43. The molecule has 8 atom stereocenters. The molecular formula is C30H35FN2O3. The number of benzene rings is 1. The molecule has 2 unspecified atom stereocenters. The molecule has 2 spiro atoms. The van der Waals surface area contributed by atoms with Gasteiger partial charge in [-0.05, 0) is 81.1 Å². The lowest BCUT2D eigenvalue weighted by atomic mass is 9.56. The first kappa shape index (κ1) is 23.0. The maximum absolute atomic E-state index is 16.9. The Balaban J connectivity index is 1.29. The Kier molecular flexibility index (Phi) is 4.64. The predicted molar refractivity (Wildman–Crippen MR) is 137 cm³/mol. The third-order valence-electron chi connectivity index (χ3n) is 10.6. The number of hydrogen-bond donors (Lipinski definition) is 2. The minimum absolute atomic E-state index is 0.116. The molecule has 2 bridgehead atoms. The first-order chi connectivity index (χ1) is 17.1. The standard InChI is InChI=1S/C30H35FN2O3/c1-27-11-10-20-16-30(31)26(35)25(34)23(33(2)3)17-28(30)12-13-29(20,36-28)24(27)9-7-21(27)18-6-8-22-19(15-18)5-4-14-32-22/h4-8,10,14-15,23-26,34-35H,9,11-13,16-17H2,1-3H3/t23-,24?,25+,26-,27+,28+,29+,30?/m0/s1. The van der Waals surface area contributed by atoms with Crippen molar-refractivity contribution in [2.75, 3.05) is 14.1 Å². The van der Waals surface area contributed by atoms with Crippen LogP contribution in [0.5, 0.6) is 0 Å². The zero-order valence-corrected chi connectivity index (χ0v) is 21.2. The molecule has 190 valence electrons. The van der Waals surface area contributed by atoms with Crippen LogP contribution in [-0.4, -0.2) is 69.3 Å². The van der Waals surface area contributed by atoms with Crippen molar-refractivity contribution in [2.45, 2.75) is 80.6 Å². The normalized spacial score (nSPS) is 45.2. The van der Waals surface area contributed by atoms with Crippen LogP contribution in [0.1, 0.15) is 51.0 Å². The molecule has 1 aromatic heterocycles. The number of aliphatic hydroxyl groups is 2. The molecule has 3 fully saturated rings. The van der Waals surface area contributed by atoms with Crippen LogP contribution in [0.25, 0.3) is 16.5 Å². The molecule has 2 aromatic rings. The lowest BCUT2D eigenvalue weighted by Gasteiger charge is -2.61. The van der Waals surface area contributed by atoms with E-state index in [4.69, 9.17) is 4.74 Å². The van der Waals surface area contributed by atoms with Gasteiger partial charge in [0.05, 0.1) is 17.2 Å². The fraction of sp³-hybridized carbons (Fsp3) is 0.567. The van der Waals surface area contributed by atoms with Gasteiger partial charge in [0.15, 0.2) is 5.67 Å². The number of ether oxygens (including phenoxy) is 1. The fourth-order valence-electron chi connectivity index (χ4n) is 8.67. The minimum atomic E-state index is -1.97. The molecule has 1 aromatic carbocycles. The summed E-state index contributed by atoms with van der Waals surface area (Å²) in [4.78, 5) is 6.38. The average Bonchev–Trinajstić information content (AvgIpc) is 3.40. The summed E-state index contributed by atoms with van der Waals surface area (Å²) in [5.41, 5.74) is 0.870. The zero-order valence-electron chi connectivity index (χ0n) is 21.2. The van der Waals surface area contributed by atoms with Crippen LogP contribution >= 0.6 is 0 Å². The molecular weight excluding hydrogens is 455 g/mol. The molecule has 6 heteroatoms. The second-order valence-electron chi connectivity index (χ2n) is 12.4. The largest absolute Gasteiger partial charge is 0.389 e. The highest BCUT2D eigenvalue weighted by Crippen LogP contribution is 2.70. The maximum atomic E-state index is 16.9. The number of pyridine rings is 1. The van der Waals surface area contributed by atoms with Gasteiger partial charge in [-0.3, -0.25) is 4.98 Å². The molecule has 3 heterocycles. The summed E-state index contributed by atoms with van der Waals surface area (Å²) in [6, 6.07) is 10.2. The van der Waals surface area contributed by atoms with Gasteiger partial charge < -0.3 is 19.8 Å². The first-order valence-electron chi connectivity index (χ1n) is 13.3. The van der Waals surface area contributed by atoms with Crippen LogP contribution < -0.4 is 0 Å². The van der Waals surface area contributed by atoms with Crippen molar-refractivity contribution in [1.29, 1.82) is 0 Å². The van der Waals surface area contributed by atoms with Crippen molar-refractivity contribution in [3.63, 3.8) is 0 Å². The number of alkyl halides is 1. The van der Waals surface area contributed by atoms with Crippen LogP contribution in [-0.2, 0) is 4.74 Å². The van der Waals surface area contributed by atoms with Crippen LogP contribution in [0, 0.1) is 11.3 Å². The van der Waals surface area contributed by atoms with Crippen molar-refractivity contribution in [1.82, 2.24) is 9.88 Å². The number of likely N-dealkylation sites (N-methyl/N-ethyl adjacent to an activating group) is 1. The van der Waals surface area contributed by atoms with Gasteiger partial charge >= 0.3 is 0 Å². The number of allylic oxidation sites excluding steroid dienone is 3. The molecule has 5 aliphatic rings. The number of fused-ring (bicyclic) bond motifs is 2. The van der Waals surface area contributed by atoms with Gasteiger partial charge in [-0.15, -0.1) is 0 Å². The molecule has 3 aliphatic carbocycles. The highest BCUT2D eigenvalue weighted by molar-refractivity contribution is 5.85. The van der Waals surface area contributed by atoms with Crippen molar-refractivity contribution >= 4 is 16.5 Å². The number of halogens is 1. The van der Waals surface area contributed by atoms with Crippen LogP contribution in [0.3, 0.4) is 0 Å². The molecule has 36 heavy (non-hydrogen) atoms. The lowest BCUT2D eigenvalue weighted by Crippen LogP contribution is -2.73. The molecule has 0 amide bonds. The summed E-state index contributed by atoms with van der Waals surface area (Å²) in [6.07, 6.45) is 7.38. The number of nitrogens with zero attached hydrogens (tertiary/aromatic N) is 2. The highest BCUT2D eigenvalue weighted by atomic mass is 19.1. The molecule has 2 aliphatic heterocycles. The van der Waals surface area contributed by atoms with Crippen molar-refractivity contribution in [3.8, 4) is 0 Å². The number of aliphatic hydroxyl groups excluding tert-OH is 2. The quantitative estimate of drug-likeness (QED) is 0.610. The third-order valence-corrected chi connectivity index (χ3v) is 10.6. The Morgan fingerprint density at radius 2 is 1.97 bits per heavy atom. The van der Waals surface area contributed by atoms with E-state index < -0.39 is 29.1 Å². The highest BCUT2D eigenvalue weighted by Gasteiger charge is 2.76. The summed E-state index contributed by atoms with van der Waals surface area (Å²) in [5.74, 6) is 0.218. The molecule has 5 nitrogen and oxygen atoms in total. The van der Waals surface area contributed by atoms with Crippen molar-refractivity contribution in [3.05, 3.63) is 59.8 Å². The summed E-state index contributed by atoms with van der Waals surface area (Å²) < 4.78 is 23.9. The van der Waals surface area contributed by atoms with Crippen molar-refractivity contribution < 1.29 is 19.3 Å². The SMILES string of the molecule is CN(C)[C@H]1C[C@@]23CC[C@@]4(O2)C(=CC[C@]2(C)C(c5ccc6ncccc6c5)=CCC24)CC3(F)[C@@H](O)[C@@H]1O. The zero-order chi connectivity index (χ0) is 25.1. The van der Waals surface area contributed by atoms with Gasteiger partial charge in [-0.25, -0.2) is 4.39 Å². The number of rotatable bonds is 2. The van der Waals surface area contributed by atoms with Crippen LogP contribution in [0.4, 0.5) is 4.39 Å². The van der Waals surface area contributed by atoms with E-state index in [2.05, 4.69) is 48.3 Å². The van der Waals surface area contributed by atoms with E-state index in [0.29, 0.717) is 12.8 Å². The summed E-state index contributed by atoms with van der Waals surface area (Å²) >= 11 is 0. The van der Waals surface area contributed by atoms with Gasteiger partial charge in [0.2, 0.25) is 0 Å². The van der Waals surface area contributed by atoms with E-state index >= 15 is 4.39 Å². The molecule has 0 radical (unpaired) electrons. The molecule has 2 N–H and O–H groups in total. The number of hydrogen-bond acceptors (Lipinski definition) is 5. The lowest BCUT2D eigenvalue weighted by molar-refractivity contribution is -0.282. The maximum Gasteiger partial charge on any atom is 0.171 e. The van der Waals surface area contributed by atoms with E-state index in [0.717, 1.165) is 35.7 Å². The monoisotopic (exact) mass is 490 g/mol. The van der Waals surface area contributed by atoms with E-state index in [9.17, 15) is 10.2 Å². The Bertz CT molecular complexity index is 1320. The number of aromatic nitrogens is 1. The molecule has 7 rings (SSSR count). The topological polar surface area (TPSA) is 65.8 Å². The Morgan fingerprint density at radius 3 is 2.78 bits per heavy atom. The van der Waals surface area contributed by atoms with E-state index in [1.165, 1.54) is 11.1 Å².